The Hall–Kier alpha value is -1.85. The van der Waals surface area contributed by atoms with Crippen LogP contribution >= 0.6 is 23.8 Å². The van der Waals surface area contributed by atoms with Crippen molar-refractivity contribution in [3.8, 4) is 0 Å². The highest BCUT2D eigenvalue weighted by Gasteiger charge is 2.11. The summed E-state index contributed by atoms with van der Waals surface area (Å²) in [5.41, 5.74) is 7.08. The van der Waals surface area contributed by atoms with Crippen molar-refractivity contribution in [2.24, 2.45) is 5.73 Å². The van der Waals surface area contributed by atoms with Gasteiger partial charge in [-0.1, -0.05) is 23.8 Å². The Balaban J connectivity index is 2.20. The summed E-state index contributed by atoms with van der Waals surface area (Å²) in [7, 11) is 0. The number of anilines is 1. The Morgan fingerprint density at radius 3 is 2.63 bits per heavy atom. The van der Waals surface area contributed by atoms with Gasteiger partial charge in [0.05, 0.1) is 16.3 Å². The highest BCUT2D eigenvalue weighted by Crippen LogP contribution is 2.24. The number of hydrogen-bond acceptors (Lipinski definition) is 3. The standard InChI is InChI=1S/C13H11ClN2O2S/c1-7-4-9(6-18-7)13(17)16-11-3-2-8(12(15)19)5-10(11)14/h2-6H,1H3,(H2,15,19)(H,16,17). The molecule has 19 heavy (non-hydrogen) atoms. The molecule has 6 heteroatoms. The summed E-state index contributed by atoms with van der Waals surface area (Å²) in [6.45, 7) is 1.76. The summed E-state index contributed by atoms with van der Waals surface area (Å²) in [6.07, 6.45) is 1.39. The first-order valence-electron chi connectivity index (χ1n) is 5.43. The van der Waals surface area contributed by atoms with Gasteiger partial charge < -0.3 is 15.5 Å². The van der Waals surface area contributed by atoms with Crippen LogP contribution in [0.4, 0.5) is 5.69 Å². The van der Waals surface area contributed by atoms with E-state index in [1.54, 1.807) is 31.2 Å². The van der Waals surface area contributed by atoms with Gasteiger partial charge >= 0.3 is 0 Å². The third kappa shape index (κ3) is 3.13. The molecule has 1 aromatic carbocycles. The number of aryl methyl sites for hydroxylation is 1. The molecule has 3 N–H and O–H groups in total. The fourth-order valence-corrected chi connectivity index (χ4v) is 1.88. The first-order valence-corrected chi connectivity index (χ1v) is 6.22. The maximum atomic E-state index is 11.9. The second-order valence-electron chi connectivity index (χ2n) is 3.96. The molecule has 1 heterocycles. The highest BCUT2D eigenvalue weighted by molar-refractivity contribution is 7.80. The van der Waals surface area contributed by atoms with Crippen LogP contribution in [0.25, 0.3) is 0 Å². The molecule has 0 aliphatic carbocycles. The molecule has 0 aliphatic rings. The predicted molar refractivity (Wildman–Crippen MR) is 78.7 cm³/mol. The van der Waals surface area contributed by atoms with Crippen molar-refractivity contribution in [1.82, 2.24) is 0 Å². The molecule has 4 nitrogen and oxygen atoms in total. The summed E-state index contributed by atoms with van der Waals surface area (Å²) in [4.78, 5) is 12.2. The van der Waals surface area contributed by atoms with Gasteiger partial charge in [-0.2, -0.15) is 0 Å². The van der Waals surface area contributed by atoms with E-state index in [4.69, 9.17) is 34.0 Å². The minimum atomic E-state index is -0.290. The van der Waals surface area contributed by atoms with Crippen molar-refractivity contribution in [3.05, 3.63) is 52.4 Å². The fraction of sp³-hybridized carbons (Fsp3) is 0.0769. The normalized spacial score (nSPS) is 10.2. The van der Waals surface area contributed by atoms with Crippen molar-refractivity contribution >= 4 is 40.4 Å². The van der Waals surface area contributed by atoms with Gasteiger partial charge in [0.2, 0.25) is 0 Å². The number of carbonyl (C=O) groups is 1. The van der Waals surface area contributed by atoms with Crippen LogP contribution in [0.1, 0.15) is 21.7 Å². The number of benzene rings is 1. The summed E-state index contributed by atoms with van der Waals surface area (Å²) in [6, 6.07) is 6.61. The third-order valence-corrected chi connectivity index (χ3v) is 3.04. The molecule has 0 bridgehead atoms. The van der Waals surface area contributed by atoms with Crippen LogP contribution in [-0.2, 0) is 0 Å². The minimum Gasteiger partial charge on any atom is -0.469 e. The lowest BCUT2D eigenvalue weighted by Gasteiger charge is -2.07. The zero-order chi connectivity index (χ0) is 14.0. The molecule has 0 radical (unpaired) electrons. The van der Waals surface area contributed by atoms with Gasteiger partial charge in [-0.25, -0.2) is 0 Å². The number of furan rings is 1. The molecule has 1 aromatic heterocycles. The van der Waals surface area contributed by atoms with Crippen molar-refractivity contribution in [1.29, 1.82) is 0 Å². The van der Waals surface area contributed by atoms with Crippen LogP contribution in [0.2, 0.25) is 5.02 Å². The first kappa shape index (κ1) is 13.6. The topological polar surface area (TPSA) is 68.3 Å². The van der Waals surface area contributed by atoms with Crippen LogP contribution in [-0.4, -0.2) is 10.9 Å². The average Bonchev–Trinajstić information content (AvgIpc) is 2.78. The maximum absolute atomic E-state index is 11.9. The highest BCUT2D eigenvalue weighted by atomic mass is 35.5. The van der Waals surface area contributed by atoms with E-state index in [2.05, 4.69) is 5.32 Å². The second-order valence-corrected chi connectivity index (χ2v) is 4.81. The molecule has 0 fully saturated rings. The lowest BCUT2D eigenvalue weighted by atomic mass is 10.2. The van der Waals surface area contributed by atoms with E-state index >= 15 is 0 Å². The molecule has 0 spiro atoms. The zero-order valence-electron chi connectivity index (χ0n) is 10.1. The Morgan fingerprint density at radius 2 is 2.11 bits per heavy atom. The van der Waals surface area contributed by atoms with Crippen LogP contribution in [0.3, 0.4) is 0 Å². The Bertz CT molecular complexity index is 652. The fourth-order valence-electron chi connectivity index (χ4n) is 1.53. The number of nitrogens with one attached hydrogen (secondary N) is 1. The number of carbonyl (C=O) groups excluding carboxylic acids is 1. The zero-order valence-corrected chi connectivity index (χ0v) is 11.6. The van der Waals surface area contributed by atoms with Crippen LogP contribution in [0.5, 0.6) is 0 Å². The molecule has 2 aromatic rings. The van der Waals surface area contributed by atoms with Crippen LogP contribution in [0.15, 0.2) is 34.9 Å². The van der Waals surface area contributed by atoms with Gasteiger partial charge in [0.25, 0.3) is 5.91 Å². The number of hydrogen-bond donors (Lipinski definition) is 2. The van der Waals surface area contributed by atoms with Crippen molar-refractivity contribution in [2.75, 3.05) is 5.32 Å². The van der Waals surface area contributed by atoms with Gasteiger partial charge in [0.1, 0.15) is 17.0 Å². The molecular weight excluding hydrogens is 284 g/mol. The Labute approximate surface area is 120 Å². The Kier molecular flexibility index (Phi) is 3.87. The molecule has 0 saturated heterocycles. The first-order chi connectivity index (χ1) is 8.97. The SMILES string of the molecule is Cc1cc(C(=O)Nc2ccc(C(N)=S)cc2Cl)co1. The van der Waals surface area contributed by atoms with E-state index in [0.717, 1.165) is 0 Å². The molecule has 0 unspecified atom stereocenters. The predicted octanol–water partition coefficient (Wildman–Crippen LogP) is 3.13. The van der Waals surface area contributed by atoms with E-state index < -0.39 is 0 Å². The van der Waals surface area contributed by atoms with Gasteiger partial charge in [-0.15, -0.1) is 0 Å². The number of halogens is 1. The summed E-state index contributed by atoms with van der Waals surface area (Å²) >= 11 is 10.9. The smallest absolute Gasteiger partial charge is 0.258 e. The summed E-state index contributed by atoms with van der Waals surface area (Å²) in [5.74, 6) is 0.377. The molecular formula is C13H11ClN2O2S. The van der Waals surface area contributed by atoms with Gasteiger partial charge in [-0.05, 0) is 31.2 Å². The second kappa shape index (κ2) is 5.42. The molecule has 0 saturated carbocycles. The summed E-state index contributed by atoms with van der Waals surface area (Å²) < 4.78 is 5.08. The number of rotatable bonds is 3. The quantitative estimate of drug-likeness (QED) is 0.854. The van der Waals surface area contributed by atoms with E-state index in [9.17, 15) is 4.79 Å². The third-order valence-electron chi connectivity index (χ3n) is 2.49. The minimum absolute atomic E-state index is 0.255. The van der Waals surface area contributed by atoms with Crippen molar-refractivity contribution in [3.63, 3.8) is 0 Å². The van der Waals surface area contributed by atoms with Crippen molar-refractivity contribution < 1.29 is 9.21 Å². The van der Waals surface area contributed by atoms with E-state index in [0.29, 0.717) is 27.6 Å². The van der Waals surface area contributed by atoms with Gasteiger partial charge in [0.15, 0.2) is 0 Å². The van der Waals surface area contributed by atoms with E-state index in [1.165, 1.54) is 6.26 Å². The molecule has 0 atom stereocenters. The van der Waals surface area contributed by atoms with E-state index in [-0.39, 0.29) is 10.9 Å². The van der Waals surface area contributed by atoms with E-state index in [1.807, 2.05) is 0 Å². The van der Waals surface area contributed by atoms with Crippen LogP contribution < -0.4 is 11.1 Å². The molecule has 0 aliphatic heterocycles. The number of amides is 1. The van der Waals surface area contributed by atoms with Crippen LogP contribution in [0, 0.1) is 6.92 Å². The van der Waals surface area contributed by atoms with Gasteiger partial charge in [0, 0.05) is 5.56 Å². The number of thiocarbonyl (C=S) groups is 1. The van der Waals surface area contributed by atoms with Crippen molar-refractivity contribution in [2.45, 2.75) is 6.92 Å². The van der Waals surface area contributed by atoms with Gasteiger partial charge in [-0.3, -0.25) is 4.79 Å². The molecule has 1 amide bonds. The maximum Gasteiger partial charge on any atom is 0.258 e. The lowest BCUT2D eigenvalue weighted by molar-refractivity contribution is 0.102. The Morgan fingerprint density at radius 1 is 1.37 bits per heavy atom. The monoisotopic (exact) mass is 294 g/mol. The average molecular weight is 295 g/mol. The molecule has 2 rings (SSSR count). The lowest BCUT2D eigenvalue weighted by Crippen LogP contribution is -2.13. The molecule has 98 valence electrons. The number of nitrogens with two attached hydrogens (primary N) is 1. The summed E-state index contributed by atoms with van der Waals surface area (Å²) in [5, 5.41) is 3.06. The largest absolute Gasteiger partial charge is 0.469 e.